The number of esters is 1. The summed E-state index contributed by atoms with van der Waals surface area (Å²) in [5, 5.41) is 5.91. The average molecular weight is 483 g/mol. The molecule has 0 bridgehead atoms. The number of nitrogens with zero attached hydrogens (tertiary/aromatic N) is 1. The van der Waals surface area contributed by atoms with Crippen LogP contribution < -0.4 is 19.6 Å². The van der Waals surface area contributed by atoms with E-state index in [-0.39, 0.29) is 5.91 Å². The molecule has 4 aromatic carbocycles. The van der Waals surface area contributed by atoms with Gasteiger partial charge in [-0.2, -0.15) is 5.10 Å². The summed E-state index contributed by atoms with van der Waals surface area (Å²) in [4.78, 5) is 25.3. The molecule has 7 nitrogen and oxygen atoms in total. The topological polar surface area (TPSA) is 86.2 Å². The van der Waals surface area contributed by atoms with E-state index in [4.69, 9.17) is 14.2 Å². The number of hydrazone groups is 1. The van der Waals surface area contributed by atoms with Crippen molar-refractivity contribution in [2.75, 3.05) is 13.7 Å². The molecule has 0 saturated heterocycles. The molecule has 0 saturated carbocycles. The number of amides is 1. The number of rotatable bonds is 9. The van der Waals surface area contributed by atoms with E-state index in [9.17, 15) is 9.59 Å². The van der Waals surface area contributed by atoms with E-state index in [1.54, 1.807) is 61.7 Å². The number of benzene rings is 4. The van der Waals surface area contributed by atoms with Gasteiger partial charge in [-0.15, -0.1) is 0 Å². The van der Waals surface area contributed by atoms with E-state index < -0.39 is 5.97 Å². The molecule has 36 heavy (non-hydrogen) atoms. The molecule has 0 aliphatic carbocycles. The highest BCUT2D eigenvalue weighted by atomic mass is 16.5. The van der Waals surface area contributed by atoms with Gasteiger partial charge in [-0.3, -0.25) is 4.79 Å². The largest absolute Gasteiger partial charge is 0.497 e. The molecule has 0 aliphatic heterocycles. The van der Waals surface area contributed by atoms with Crippen molar-refractivity contribution in [2.45, 2.75) is 13.3 Å². The van der Waals surface area contributed by atoms with Gasteiger partial charge in [0.25, 0.3) is 5.91 Å². The number of hydrogen-bond acceptors (Lipinski definition) is 6. The normalized spacial score (nSPS) is 10.8. The summed E-state index contributed by atoms with van der Waals surface area (Å²) in [7, 11) is 1.56. The second-order valence-corrected chi connectivity index (χ2v) is 7.89. The first-order chi connectivity index (χ1) is 17.6. The van der Waals surface area contributed by atoms with Crippen LogP contribution in [0.25, 0.3) is 10.8 Å². The lowest BCUT2D eigenvalue weighted by atomic mass is 10.0. The highest BCUT2D eigenvalue weighted by molar-refractivity contribution is 6.04. The van der Waals surface area contributed by atoms with Crippen molar-refractivity contribution in [3.05, 3.63) is 102 Å². The number of methoxy groups -OCH3 is 1. The summed E-state index contributed by atoms with van der Waals surface area (Å²) >= 11 is 0. The van der Waals surface area contributed by atoms with Gasteiger partial charge in [-0.25, -0.2) is 10.2 Å². The molecule has 0 aromatic heterocycles. The Bertz CT molecular complexity index is 1380. The Labute approximate surface area is 209 Å². The fraction of sp³-hybridized carbons (Fsp3) is 0.138. The lowest BCUT2D eigenvalue weighted by Crippen LogP contribution is -2.17. The van der Waals surface area contributed by atoms with Crippen molar-refractivity contribution in [1.29, 1.82) is 0 Å². The van der Waals surface area contributed by atoms with Crippen molar-refractivity contribution in [3.63, 3.8) is 0 Å². The van der Waals surface area contributed by atoms with Crippen LogP contribution in [0, 0.1) is 0 Å². The number of hydrogen-bond donors (Lipinski definition) is 1. The van der Waals surface area contributed by atoms with Crippen molar-refractivity contribution < 1.29 is 23.8 Å². The Morgan fingerprint density at radius 3 is 2.28 bits per heavy atom. The SMILES string of the molecule is CCCOc1ccc(C(=O)N/N=C/c2c(OC(=O)c3ccc(OC)cc3)ccc3ccccc23)cc1. The second-order valence-electron chi connectivity index (χ2n) is 7.89. The van der Waals surface area contributed by atoms with Gasteiger partial charge in [0.15, 0.2) is 0 Å². The molecule has 0 fully saturated rings. The third-order valence-corrected chi connectivity index (χ3v) is 5.41. The minimum Gasteiger partial charge on any atom is -0.497 e. The Hall–Kier alpha value is -4.65. The Morgan fingerprint density at radius 2 is 1.56 bits per heavy atom. The molecule has 0 unspecified atom stereocenters. The molecular weight excluding hydrogens is 456 g/mol. The van der Waals surface area contributed by atoms with Gasteiger partial charge in [0.05, 0.1) is 25.5 Å². The fourth-order valence-corrected chi connectivity index (χ4v) is 3.53. The summed E-state index contributed by atoms with van der Waals surface area (Å²) in [6.45, 7) is 2.65. The molecule has 182 valence electrons. The van der Waals surface area contributed by atoms with Crippen LogP contribution in [0.1, 0.15) is 39.6 Å². The fourth-order valence-electron chi connectivity index (χ4n) is 3.53. The number of carbonyl (C=O) groups excluding carboxylic acids is 2. The van der Waals surface area contributed by atoms with E-state index in [0.29, 0.717) is 40.5 Å². The summed E-state index contributed by atoms with van der Waals surface area (Å²) < 4.78 is 16.4. The monoisotopic (exact) mass is 482 g/mol. The summed E-state index contributed by atoms with van der Waals surface area (Å²) in [6, 6.07) is 24.7. The summed E-state index contributed by atoms with van der Waals surface area (Å²) in [5.41, 5.74) is 3.93. The van der Waals surface area contributed by atoms with Crippen molar-refractivity contribution in [1.82, 2.24) is 5.43 Å². The molecule has 0 atom stereocenters. The van der Waals surface area contributed by atoms with Crippen LogP contribution in [0.2, 0.25) is 0 Å². The van der Waals surface area contributed by atoms with Gasteiger partial charge in [0.2, 0.25) is 0 Å². The van der Waals surface area contributed by atoms with E-state index >= 15 is 0 Å². The van der Waals surface area contributed by atoms with Gasteiger partial charge in [0, 0.05) is 11.1 Å². The van der Waals surface area contributed by atoms with Crippen molar-refractivity contribution in [2.24, 2.45) is 5.10 Å². The predicted octanol–water partition coefficient (Wildman–Crippen LogP) is 5.62. The number of ether oxygens (including phenoxy) is 3. The first-order valence-electron chi connectivity index (χ1n) is 11.5. The minimum atomic E-state index is -0.517. The molecule has 0 aliphatic rings. The Balaban J connectivity index is 1.54. The van der Waals surface area contributed by atoms with Gasteiger partial charge >= 0.3 is 5.97 Å². The smallest absolute Gasteiger partial charge is 0.343 e. The van der Waals surface area contributed by atoms with Gasteiger partial charge in [-0.05, 0) is 71.8 Å². The molecule has 1 amide bonds. The number of nitrogens with one attached hydrogen (secondary N) is 1. The average Bonchev–Trinajstić information content (AvgIpc) is 2.93. The summed E-state index contributed by atoms with van der Waals surface area (Å²) in [6.07, 6.45) is 2.39. The zero-order valence-corrected chi connectivity index (χ0v) is 20.1. The van der Waals surface area contributed by atoms with Crippen LogP contribution in [0.3, 0.4) is 0 Å². The maximum Gasteiger partial charge on any atom is 0.343 e. The molecule has 0 spiro atoms. The minimum absolute atomic E-state index is 0.324. The molecule has 4 aromatic rings. The standard InChI is InChI=1S/C29H26N2O5/c1-3-18-35-24-15-8-21(9-16-24)28(32)31-30-19-26-25-7-5-4-6-20(25)12-17-27(26)36-29(33)22-10-13-23(34-2)14-11-22/h4-17,19H,3,18H2,1-2H3,(H,31,32)/b30-19+. The van der Waals surface area contributed by atoms with Crippen LogP contribution in [0.15, 0.2) is 90.0 Å². The number of carbonyl (C=O) groups is 2. The van der Waals surface area contributed by atoms with E-state index in [1.165, 1.54) is 6.21 Å². The Kier molecular flexibility index (Phi) is 7.93. The van der Waals surface area contributed by atoms with Crippen molar-refractivity contribution in [3.8, 4) is 17.2 Å². The molecule has 7 heteroatoms. The molecular formula is C29H26N2O5. The zero-order valence-electron chi connectivity index (χ0n) is 20.1. The first kappa shape index (κ1) is 24.5. The highest BCUT2D eigenvalue weighted by Gasteiger charge is 2.14. The van der Waals surface area contributed by atoms with Gasteiger partial charge in [-0.1, -0.05) is 37.3 Å². The molecule has 4 rings (SSSR count). The maximum absolute atomic E-state index is 12.8. The second kappa shape index (κ2) is 11.7. The van der Waals surface area contributed by atoms with Crippen LogP contribution in [-0.2, 0) is 0 Å². The lowest BCUT2D eigenvalue weighted by molar-refractivity contribution is 0.0734. The first-order valence-corrected chi connectivity index (χ1v) is 11.5. The predicted molar refractivity (Wildman–Crippen MR) is 139 cm³/mol. The van der Waals surface area contributed by atoms with E-state index in [1.807, 2.05) is 37.3 Å². The van der Waals surface area contributed by atoms with Crippen LogP contribution in [0.5, 0.6) is 17.2 Å². The van der Waals surface area contributed by atoms with E-state index in [2.05, 4.69) is 10.5 Å². The summed E-state index contributed by atoms with van der Waals surface area (Å²) in [5.74, 6) is 0.784. The van der Waals surface area contributed by atoms with Crippen LogP contribution in [0.4, 0.5) is 0 Å². The van der Waals surface area contributed by atoms with Crippen molar-refractivity contribution >= 4 is 28.9 Å². The number of fused-ring (bicyclic) bond motifs is 1. The molecule has 1 N–H and O–H groups in total. The quantitative estimate of drug-likeness (QED) is 0.145. The zero-order chi connectivity index (χ0) is 25.3. The third-order valence-electron chi connectivity index (χ3n) is 5.41. The third kappa shape index (κ3) is 5.88. The lowest BCUT2D eigenvalue weighted by Gasteiger charge is -2.11. The Morgan fingerprint density at radius 1 is 0.861 bits per heavy atom. The van der Waals surface area contributed by atoms with Crippen LogP contribution in [-0.4, -0.2) is 31.8 Å². The van der Waals surface area contributed by atoms with Crippen LogP contribution >= 0.6 is 0 Å². The highest BCUT2D eigenvalue weighted by Crippen LogP contribution is 2.27. The molecule has 0 radical (unpaired) electrons. The molecule has 0 heterocycles. The van der Waals surface area contributed by atoms with E-state index in [0.717, 1.165) is 17.2 Å². The van der Waals surface area contributed by atoms with Gasteiger partial charge in [0.1, 0.15) is 17.2 Å². The van der Waals surface area contributed by atoms with Gasteiger partial charge < -0.3 is 14.2 Å². The maximum atomic E-state index is 12.8.